The van der Waals surface area contributed by atoms with Crippen LogP contribution in [0.3, 0.4) is 0 Å². The summed E-state index contributed by atoms with van der Waals surface area (Å²) in [5.74, 6) is 1.60. The molecule has 1 unspecified atom stereocenters. The van der Waals surface area contributed by atoms with E-state index in [-0.39, 0.29) is 26.1 Å². The van der Waals surface area contributed by atoms with Crippen molar-refractivity contribution in [3.63, 3.8) is 0 Å². The molecule has 0 aliphatic heterocycles. The largest absolute Gasteiger partial charge is 0.486 e. The molecule has 5 nitrogen and oxygen atoms in total. The number of hydrogen-bond donors (Lipinski definition) is 0. The summed E-state index contributed by atoms with van der Waals surface area (Å²) < 4.78 is 8.40. The fourth-order valence-corrected chi connectivity index (χ4v) is 7.77. The Kier molecular flexibility index (Phi) is 10.8. The Labute approximate surface area is 299 Å². The first kappa shape index (κ1) is 35.4. The van der Waals surface area contributed by atoms with Crippen LogP contribution in [0.15, 0.2) is 89.5 Å². The van der Waals surface area contributed by atoms with Gasteiger partial charge in [0.2, 0.25) is 5.71 Å². The van der Waals surface area contributed by atoms with Crippen molar-refractivity contribution in [2.45, 2.75) is 73.1 Å². The minimum absolute atomic E-state index is 0. The molecular weight excluding hydrogens is 785 g/mol. The van der Waals surface area contributed by atoms with Crippen molar-refractivity contribution in [1.29, 1.82) is 0 Å². The summed E-state index contributed by atoms with van der Waals surface area (Å²) in [4.78, 5) is 14.1. The zero-order valence-corrected chi connectivity index (χ0v) is 32.6. The number of aromatic nitrogens is 4. The fraction of sp³-hybridized carbons (Fsp3) is 0.293. The van der Waals surface area contributed by atoms with E-state index in [4.69, 9.17) is 14.4 Å². The Hall–Kier alpha value is -3.90. The number of hydrogen-bond acceptors (Lipinski definition) is 4. The first-order valence-corrected chi connectivity index (χ1v) is 20.2. The molecule has 0 saturated carbocycles. The number of benzene rings is 3. The van der Waals surface area contributed by atoms with Gasteiger partial charge in [0, 0.05) is 43.4 Å². The van der Waals surface area contributed by atoms with E-state index in [2.05, 4.69) is 99.5 Å². The maximum Gasteiger partial charge on any atom is 0.216 e. The second-order valence-electron chi connectivity index (χ2n) is 13.9. The Morgan fingerprint density at radius 2 is 1.65 bits per heavy atom. The molecule has 48 heavy (non-hydrogen) atoms. The first-order chi connectivity index (χ1) is 22.5. The molecule has 7 rings (SSSR count). The molecule has 7 heteroatoms. The molecule has 0 saturated heterocycles. The van der Waals surface area contributed by atoms with Gasteiger partial charge in [0.15, 0.2) is 0 Å². The number of aryl methyl sites for hydroxylation is 1. The third-order valence-corrected chi connectivity index (χ3v) is 10.9. The van der Waals surface area contributed by atoms with Gasteiger partial charge in [-0.05, 0) is 68.3 Å². The van der Waals surface area contributed by atoms with E-state index in [1.165, 1.54) is 17.2 Å². The maximum atomic E-state index is 6.15. The van der Waals surface area contributed by atoms with Crippen molar-refractivity contribution < 1.29 is 24.5 Å². The molecule has 0 fully saturated rings. The van der Waals surface area contributed by atoms with Gasteiger partial charge in [0.05, 0.1) is 30.5 Å². The van der Waals surface area contributed by atoms with Crippen LogP contribution in [0, 0.1) is 25.0 Å². The van der Waals surface area contributed by atoms with Crippen LogP contribution >= 0.6 is 0 Å². The molecule has 1 radical (unpaired) electrons. The van der Waals surface area contributed by atoms with Gasteiger partial charge >= 0.3 is 0 Å². The van der Waals surface area contributed by atoms with Gasteiger partial charge < -0.3 is 14.0 Å². The Morgan fingerprint density at radius 1 is 0.875 bits per heavy atom. The van der Waals surface area contributed by atoms with E-state index >= 15 is 0 Å². The number of furan rings is 1. The number of imidazole rings is 1. The smallest absolute Gasteiger partial charge is 0.216 e. The summed E-state index contributed by atoms with van der Waals surface area (Å²) in [6.07, 6.45) is 4.50. The average Bonchev–Trinajstić information content (AvgIpc) is 3.63. The monoisotopic (exact) mass is 829 g/mol. The summed E-state index contributed by atoms with van der Waals surface area (Å²) in [6.45, 7) is 18.1. The first-order valence-electron chi connectivity index (χ1n) is 16.7. The van der Waals surface area contributed by atoms with Gasteiger partial charge in [0.1, 0.15) is 0 Å². The Balaban J connectivity index is 0.000000189. The van der Waals surface area contributed by atoms with E-state index in [9.17, 15) is 0 Å². The van der Waals surface area contributed by atoms with Crippen molar-refractivity contribution in [3.8, 4) is 22.6 Å². The molecule has 3 aromatic carbocycles. The SMILES string of the molecule is CCC(C)Cc1cc(-c2[c-]cccc2)ncc1[Si](C)(C)C.Cc1ccc2c(n1)oc1c(-c3nc4ccccc4n3C(C)C)[c-]ccc12.[Ir]. The molecule has 7 aromatic rings. The third-order valence-electron chi connectivity index (χ3n) is 8.82. The van der Waals surface area contributed by atoms with E-state index < -0.39 is 8.07 Å². The zero-order valence-electron chi connectivity index (χ0n) is 29.2. The van der Waals surface area contributed by atoms with Crippen LogP contribution < -0.4 is 5.19 Å². The summed E-state index contributed by atoms with van der Waals surface area (Å²) in [6, 6.07) is 33.6. The number of pyridine rings is 2. The zero-order chi connectivity index (χ0) is 33.3. The predicted molar refractivity (Wildman–Crippen MR) is 199 cm³/mol. The van der Waals surface area contributed by atoms with Crippen molar-refractivity contribution in [3.05, 3.63) is 108 Å². The van der Waals surface area contributed by atoms with Gasteiger partial charge in [-0.15, -0.1) is 54.1 Å². The van der Waals surface area contributed by atoms with Crippen LogP contribution in [-0.4, -0.2) is 27.6 Å². The Morgan fingerprint density at radius 3 is 2.35 bits per heavy atom. The van der Waals surface area contributed by atoms with Gasteiger partial charge in [0.25, 0.3) is 0 Å². The Bertz CT molecular complexity index is 2160. The average molecular weight is 829 g/mol. The fourth-order valence-electron chi connectivity index (χ4n) is 6.19. The third kappa shape index (κ3) is 7.24. The molecule has 0 bridgehead atoms. The number of nitrogens with zero attached hydrogens (tertiary/aromatic N) is 4. The predicted octanol–water partition coefficient (Wildman–Crippen LogP) is 10.4. The van der Waals surface area contributed by atoms with E-state index in [1.54, 1.807) is 0 Å². The van der Waals surface area contributed by atoms with Crippen molar-refractivity contribution >= 4 is 46.4 Å². The number of fused-ring (bicyclic) bond motifs is 4. The second kappa shape index (κ2) is 14.7. The summed E-state index contributed by atoms with van der Waals surface area (Å²) >= 11 is 0. The normalized spacial score (nSPS) is 12.3. The molecule has 4 aromatic heterocycles. The molecule has 0 N–H and O–H groups in total. The van der Waals surface area contributed by atoms with Gasteiger partial charge in [-0.2, -0.15) is 0 Å². The summed E-state index contributed by atoms with van der Waals surface area (Å²) in [5, 5.41) is 3.57. The van der Waals surface area contributed by atoms with Crippen LogP contribution in [0.5, 0.6) is 0 Å². The quantitative estimate of drug-likeness (QED) is 0.119. The number of rotatable bonds is 7. The molecule has 249 valence electrons. The van der Waals surface area contributed by atoms with E-state index in [1.807, 2.05) is 61.5 Å². The topological polar surface area (TPSA) is 56.7 Å². The van der Waals surface area contributed by atoms with Crippen LogP contribution in [0.25, 0.3) is 55.7 Å². The van der Waals surface area contributed by atoms with Crippen LogP contribution in [-0.2, 0) is 26.5 Å². The van der Waals surface area contributed by atoms with Crippen LogP contribution in [0.2, 0.25) is 19.6 Å². The minimum Gasteiger partial charge on any atom is -0.486 e. The van der Waals surface area contributed by atoms with E-state index in [0.717, 1.165) is 68.1 Å². The summed E-state index contributed by atoms with van der Waals surface area (Å²) in [7, 11) is -1.35. The minimum atomic E-state index is -1.35. The molecule has 0 amide bonds. The van der Waals surface area contributed by atoms with Crippen molar-refractivity contribution in [1.82, 2.24) is 19.5 Å². The van der Waals surface area contributed by atoms with Crippen molar-refractivity contribution in [2.24, 2.45) is 5.92 Å². The molecule has 0 spiro atoms. The summed E-state index contributed by atoms with van der Waals surface area (Å²) in [5.41, 5.74) is 9.00. The molecular formula is C41H44IrN4OSi-2. The molecule has 1 atom stereocenters. The van der Waals surface area contributed by atoms with Crippen LogP contribution in [0.1, 0.15) is 51.4 Å². The van der Waals surface area contributed by atoms with Crippen molar-refractivity contribution in [2.75, 3.05) is 0 Å². The van der Waals surface area contributed by atoms with Gasteiger partial charge in [-0.25, -0.2) is 4.98 Å². The second-order valence-corrected chi connectivity index (χ2v) is 18.9. The molecule has 0 aliphatic rings. The molecule has 4 heterocycles. The molecule has 0 aliphatic carbocycles. The maximum absolute atomic E-state index is 6.15. The van der Waals surface area contributed by atoms with Gasteiger partial charge in [-0.3, -0.25) is 4.98 Å². The number of para-hydroxylation sites is 2. The van der Waals surface area contributed by atoms with Gasteiger partial charge in [-0.1, -0.05) is 74.6 Å². The van der Waals surface area contributed by atoms with Crippen LogP contribution in [0.4, 0.5) is 0 Å². The standard InChI is InChI=1S/C22H18N3O.C19H26NSi.Ir/c1-13(2)25-19-10-5-4-9-18(19)24-21(25)17-8-6-7-15-16-12-11-14(3)23-22(16)26-20(15)17;1-6-15(2)12-17-13-18(16-10-8-7-9-11-16)20-14-19(17)21(3,4)5;/h4-7,9-13H,1-3H3;7-10,13-15H,6,12H2,1-5H3;/q2*-1;. The van der Waals surface area contributed by atoms with E-state index in [0.29, 0.717) is 5.71 Å².